The number of hydrogen-bond donors (Lipinski definition) is 1. The van der Waals surface area contributed by atoms with E-state index in [4.69, 9.17) is 0 Å². The minimum absolute atomic E-state index is 0.0993. The molecule has 20 heavy (non-hydrogen) atoms. The molecule has 110 valence electrons. The van der Waals surface area contributed by atoms with Gasteiger partial charge in [-0.05, 0) is 7.05 Å². The number of piperidine rings is 1. The molecule has 0 atom stereocenters. The van der Waals surface area contributed by atoms with E-state index in [1.54, 1.807) is 0 Å². The first-order valence-electron chi connectivity index (χ1n) is 6.94. The average Bonchev–Trinajstić information content (AvgIpc) is 2.38. The van der Waals surface area contributed by atoms with Crippen LogP contribution < -0.4 is 15.1 Å². The summed E-state index contributed by atoms with van der Waals surface area (Å²) < 4.78 is 26.3. The molecule has 2 saturated heterocycles. The summed E-state index contributed by atoms with van der Waals surface area (Å²) in [6.07, 6.45) is 1.32. The Morgan fingerprint density at radius 3 is 2.35 bits per heavy atom. The Hall–Kier alpha value is -1.50. The van der Waals surface area contributed by atoms with E-state index in [1.807, 2.05) is 18.0 Å². The van der Waals surface area contributed by atoms with Crippen LogP contribution in [0.25, 0.3) is 0 Å². The number of anilines is 2. The van der Waals surface area contributed by atoms with Gasteiger partial charge in [-0.15, -0.1) is 0 Å². The molecule has 0 spiro atoms. The number of aromatic nitrogens is 2. The zero-order valence-corrected chi connectivity index (χ0v) is 11.5. The maximum absolute atomic E-state index is 13.2. The lowest BCUT2D eigenvalue weighted by Gasteiger charge is -2.40. The van der Waals surface area contributed by atoms with Crippen molar-refractivity contribution in [2.24, 2.45) is 0 Å². The zero-order valence-electron chi connectivity index (χ0n) is 11.5. The molecule has 0 saturated carbocycles. The number of alkyl halides is 2. The van der Waals surface area contributed by atoms with E-state index >= 15 is 0 Å². The van der Waals surface area contributed by atoms with Crippen molar-refractivity contribution in [3.63, 3.8) is 0 Å². The summed E-state index contributed by atoms with van der Waals surface area (Å²) in [7, 11) is 1.95. The van der Waals surface area contributed by atoms with Crippen molar-refractivity contribution in [3.8, 4) is 0 Å². The third kappa shape index (κ3) is 2.67. The Labute approximate surface area is 117 Å². The van der Waals surface area contributed by atoms with E-state index in [-0.39, 0.29) is 12.8 Å². The molecule has 1 aromatic rings. The molecule has 3 rings (SSSR count). The summed E-state index contributed by atoms with van der Waals surface area (Å²) in [4.78, 5) is 12.6. The maximum Gasteiger partial charge on any atom is 0.251 e. The summed E-state index contributed by atoms with van der Waals surface area (Å²) in [6.45, 7) is 2.54. The average molecular weight is 283 g/mol. The highest BCUT2D eigenvalue weighted by molar-refractivity contribution is 5.52. The standard InChI is InChI=1S/C13H19F2N5/c1-16-10-7-20(8-10)12-6-11(17-9-18-12)19-4-2-13(14,15)3-5-19/h6,9-10,16H,2-5,7-8H2,1H3. The highest BCUT2D eigenvalue weighted by atomic mass is 19.3. The van der Waals surface area contributed by atoms with Crippen molar-refractivity contribution in [1.29, 1.82) is 0 Å². The van der Waals surface area contributed by atoms with Crippen LogP contribution in [0.1, 0.15) is 12.8 Å². The SMILES string of the molecule is CNC1CN(c2cc(N3CCC(F)(F)CC3)ncn2)C1. The number of hydrogen-bond acceptors (Lipinski definition) is 5. The van der Waals surface area contributed by atoms with Crippen molar-refractivity contribution in [1.82, 2.24) is 15.3 Å². The van der Waals surface area contributed by atoms with Gasteiger partial charge in [-0.3, -0.25) is 0 Å². The predicted octanol–water partition coefficient (Wildman–Crippen LogP) is 1.12. The van der Waals surface area contributed by atoms with Gasteiger partial charge in [0.1, 0.15) is 18.0 Å². The molecule has 2 fully saturated rings. The first-order chi connectivity index (χ1) is 9.57. The summed E-state index contributed by atoms with van der Waals surface area (Å²) in [5, 5.41) is 3.21. The van der Waals surface area contributed by atoms with Gasteiger partial charge in [-0.25, -0.2) is 18.7 Å². The largest absolute Gasteiger partial charge is 0.356 e. The number of nitrogens with one attached hydrogen (secondary N) is 1. The van der Waals surface area contributed by atoms with Crippen LogP contribution in [0, 0.1) is 0 Å². The van der Waals surface area contributed by atoms with Gasteiger partial charge in [0.2, 0.25) is 0 Å². The normalized spacial score (nSPS) is 22.8. The molecule has 2 aliphatic rings. The molecular weight excluding hydrogens is 264 g/mol. The molecule has 0 bridgehead atoms. The van der Waals surface area contributed by atoms with Gasteiger partial charge in [0.15, 0.2) is 0 Å². The van der Waals surface area contributed by atoms with E-state index < -0.39 is 5.92 Å². The Morgan fingerprint density at radius 2 is 1.75 bits per heavy atom. The minimum Gasteiger partial charge on any atom is -0.356 e. The summed E-state index contributed by atoms with van der Waals surface area (Å²) in [6, 6.07) is 2.40. The van der Waals surface area contributed by atoms with Gasteiger partial charge in [0.25, 0.3) is 5.92 Å². The molecule has 2 aliphatic heterocycles. The van der Waals surface area contributed by atoms with Crippen LogP contribution in [0.2, 0.25) is 0 Å². The molecule has 1 N–H and O–H groups in total. The fourth-order valence-electron chi connectivity index (χ4n) is 2.59. The smallest absolute Gasteiger partial charge is 0.251 e. The third-order valence-corrected chi connectivity index (χ3v) is 4.07. The molecule has 0 radical (unpaired) electrons. The van der Waals surface area contributed by atoms with Crippen LogP contribution in [0.4, 0.5) is 20.4 Å². The topological polar surface area (TPSA) is 44.3 Å². The molecule has 7 heteroatoms. The molecule has 5 nitrogen and oxygen atoms in total. The van der Waals surface area contributed by atoms with Gasteiger partial charge in [0.05, 0.1) is 0 Å². The molecule has 0 amide bonds. The maximum atomic E-state index is 13.2. The van der Waals surface area contributed by atoms with Crippen molar-refractivity contribution in [2.45, 2.75) is 24.8 Å². The van der Waals surface area contributed by atoms with Crippen molar-refractivity contribution < 1.29 is 8.78 Å². The fraction of sp³-hybridized carbons (Fsp3) is 0.692. The Kier molecular flexibility index (Phi) is 3.45. The highest BCUT2D eigenvalue weighted by Gasteiger charge is 2.34. The third-order valence-electron chi connectivity index (χ3n) is 4.07. The second-order valence-corrected chi connectivity index (χ2v) is 5.47. The van der Waals surface area contributed by atoms with E-state index in [9.17, 15) is 8.78 Å². The quantitative estimate of drug-likeness (QED) is 0.900. The van der Waals surface area contributed by atoms with Crippen molar-refractivity contribution in [3.05, 3.63) is 12.4 Å². The zero-order chi connectivity index (χ0) is 14.2. The monoisotopic (exact) mass is 283 g/mol. The van der Waals surface area contributed by atoms with Crippen molar-refractivity contribution in [2.75, 3.05) is 43.0 Å². The van der Waals surface area contributed by atoms with Gasteiger partial charge in [0, 0.05) is 51.1 Å². The molecule has 3 heterocycles. The van der Waals surface area contributed by atoms with Crippen LogP contribution in [-0.2, 0) is 0 Å². The Balaban J connectivity index is 1.66. The fourth-order valence-corrected chi connectivity index (χ4v) is 2.59. The van der Waals surface area contributed by atoms with Crippen molar-refractivity contribution >= 4 is 11.6 Å². The van der Waals surface area contributed by atoms with Crippen LogP contribution >= 0.6 is 0 Å². The summed E-state index contributed by atoms with van der Waals surface area (Å²) in [5.74, 6) is -0.902. The van der Waals surface area contributed by atoms with Crippen LogP contribution in [-0.4, -0.2) is 55.2 Å². The lowest BCUT2D eigenvalue weighted by molar-refractivity contribution is -0.0221. The summed E-state index contributed by atoms with van der Waals surface area (Å²) >= 11 is 0. The van der Waals surface area contributed by atoms with Gasteiger partial charge in [-0.1, -0.05) is 0 Å². The second-order valence-electron chi connectivity index (χ2n) is 5.47. The number of halogens is 2. The lowest BCUT2D eigenvalue weighted by atomic mass is 10.1. The number of rotatable bonds is 3. The van der Waals surface area contributed by atoms with Crippen LogP contribution in [0.5, 0.6) is 0 Å². The second kappa shape index (κ2) is 5.12. The molecular formula is C13H19F2N5. The molecule has 1 aromatic heterocycles. The van der Waals surface area contributed by atoms with E-state index in [2.05, 4.69) is 20.2 Å². The van der Waals surface area contributed by atoms with E-state index in [1.165, 1.54) is 6.33 Å². The van der Waals surface area contributed by atoms with E-state index in [0.29, 0.717) is 19.1 Å². The van der Waals surface area contributed by atoms with Crippen LogP contribution in [0.15, 0.2) is 12.4 Å². The minimum atomic E-state index is -2.52. The Morgan fingerprint density at radius 1 is 1.15 bits per heavy atom. The first kappa shape index (κ1) is 13.5. The predicted molar refractivity (Wildman–Crippen MR) is 73.5 cm³/mol. The molecule has 0 aromatic carbocycles. The highest BCUT2D eigenvalue weighted by Crippen LogP contribution is 2.30. The van der Waals surface area contributed by atoms with Crippen LogP contribution in [0.3, 0.4) is 0 Å². The Bertz CT molecular complexity index is 466. The number of likely N-dealkylation sites (N-methyl/N-ethyl adjacent to an activating group) is 1. The molecule has 0 aliphatic carbocycles. The van der Waals surface area contributed by atoms with Gasteiger partial charge >= 0.3 is 0 Å². The van der Waals surface area contributed by atoms with Gasteiger partial charge in [-0.2, -0.15) is 0 Å². The lowest BCUT2D eigenvalue weighted by Crippen LogP contribution is -2.57. The number of nitrogens with zero attached hydrogens (tertiary/aromatic N) is 4. The van der Waals surface area contributed by atoms with E-state index in [0.717, 1.165) is 24.7 Å². The summed E-state index contributed by atoms with van der Waals surface area (Å²) in [5.41, 5.74) is 0. The van der Waals surface area contributed by atoms with Gasteiger partial charge < -0.3 is 15.1 Å². The first-order valence-corrected chi connectivity index (χ1v) is 6.94. The molecule has 0 unspecified atom stereocenters.